The first-order chi connectivity index (χ1) is 11.7. The van der Waals surface area contributed by atoms with Crippen molar-refractivity contribution in [3.05, 3.63) is 35.5 Å². The van der Waals surface area contributed by atoms with Gasteiger partial charge in [0.25, 0.3) is 0 Å². The van der Waals surface area contributed by atoms with Gasteiger partial charge in [0.1, 0.15) is 5.82 Å². The van der Waals surface area contributed by atoms with Gasteiger partial charge >= 0.3 is 0 Å². The SMILES string of the molecule is Cn1ncc2c(Nc3ccc(Cl)cc3)nc(N3CCOCC3)nc21. The van der Waals surface area contributed by atoms with E-state index in [0.29, 0.717) is 24.2 Å². The molecule has 124 valence electrons. The van der Waals surface area contributed by atoms with E-state index in [2.05, 4.69) is 20.3 Å². The van der Waals surface area contributed by atoms with Gasteiger partial charge in [0.05, 0.1) is 24.8 Å². The lowest BCUT2D eigenvalue weighted by Gasteiger charge is -2.27. The van der Waals surface area contributed by atoms with E-state index in [-0.39, 0.29) is 0 Å². The third-order valence-electron chi connectivity index (χ3n) is 3.98. The van der Waals surface area contributed by atoms with Gasteiger partial charge in [-0.2, -0.15) is 15.1 Å². The molecule has 0 bridgehead atoms. The zero-order valence-electron chi connectivity index (χ0n) is 13.2. The minimum absolute atomic E-state index is 0.686. The maximum atomic E-state index is 5.95. The lowest BCUT2D eigenvalue weighted by molar-refractivity contribution is 0.122. The number of aromatic nitrogens is 4. The molecule has 0 radical (unpaired) electrons. The van der Waals surface area contributed by atoms with Crippen LogP contribution in [0.3, 0.4) is 0 Å². The van der Waals surface area contributed by atoms with Crippen LogP contribution >= 0.6 is 11.6 Å². The van der Waals surface area contributed by atoms with Gasteiger partial charge in [-0.15, -0.1) is 0 Å². The van der Waals surface area contributed by atoms with Crippen LogP contribution in [-0.2, 0) is 11.8 Å². The van der Waals surface area contributed by atoms with E-state index in [0.717, 1.165) is 35.6 Å². The summed E-state index contributed by atoms with van der Waals surface area (Å²) >= 11 is 5.95. The Morgan fingerprint density at radius 1 is 1.12 bits per heavy atom. The molecule has 7 nitrogen and oxygen atoms in total. The highest BCUT2D eigenvalue weighted by Crippen LogP contribution is 2.27. The molecule has 1 N–H and O–H groups in total. The normalized spacial score (nSPS) is 15.0. The smallest absolute Gasteiger partial charge is 0.229 e. The molecule has 2 aromatic heterocycles. The molecule has 8 heteroatoms. The quantitative estimate of drug-likeness (QED) is 0.787. The van der Waals surface area contributed by atoms with Crippen molar-refractivity contribution < 1.29 is 4.74 Å². The van der Waals surface area contributed by atoms with Crippen molar-refractivity contribution >= 4 is 40.1 Å². The fraction of sp³-hybridized carbons (Fsp3) is 0.312. The number of hydrogen-bond acceptors (Lipinski definition) is 6. The second-order valence-corrected chi connectivity index (χ2v) is 6.05. The number of aryl methyl sites for hydroxylation is 1. The summed E-state index contributed by atoms with van der Waals surface area (Å²) in [6, 6.07) is 7.52. The summed E-state index contributed by atoms with van der Waals surface area (Å²) in [7, 11) is 1.88. The Hall–Kier alpha value is -2.38. The average Bonchev–Trinajstić information content (AvgIpc) is 2.99. The molecule has 1 saturated heterocycles. The Morgan fingerprint density at radius 3 is 2.62 bits per heavy atom. The van der Waals surface area contributed by atoms with Crippen LogP contribution in [-0.4, -0.2) is 46.1 Å². The number of rotatable bonds is 3. The monoisotopic (exact) mass is 344 g/mol. The van der Waals surface area contributed by atoms with Gasteiger partial charge in [0.2, 0.25) is 5.95 Å². The van der Waals surface area contributed by atoms with Gasteiger partial charge in [0.15, 0.2) is 5.65 Å². The fourth-order valence-electron chi connectivity index (χ4n) is 2.68. The van der Waals surface area contributed by atoms with Crippen molar-refractivity contribution in [1.29, 1.82) is 0 Å². The first-order valence-corrected chi connectivity index (χ1v) is 8.13. The van der Waals surface area contributed by atoms with Gasteiger partial charge < -0.3 is 15.0 Å². The van der Waals surface area contributed by atoms with E-state index in [4.69, 9.17) is 21.3 Å². The topological polar surface area (TPSA) is 68.1 Å². The molecule has 24 heavy (non-hydrogen) atoms. The maximum absolute atomic E-state index is 5.95. The van der Waals surface area contributed by atoms with Gasteiger partial charge in [-0.1, -0.05) is 11.6 Å². The molecule has 3 aromatic rings. The minimum Gasteiger partial charge on any atom is -0.378 e. The van der Waals surface area contributed by atoms with Crippen molar-refractivity contribution in [2.75, 3.05) is 36.5 Å². The van der Waals surface area contributed by atoms with E-state index in [1.165, 1.54) is 0 Å². The summed E-state index contributed by atoms with van der Waals surface area (Å²) < 4.78 is 7.17. The Balaban J connectivity index is 1.76. The van der Waals surface area contributed by atoms with Crippen LogP contribution in [0.25, 0.3) is 11.0 Å². The van der Waals surface area contributed by atoms with Crippen LogP contribution < -0.4 is 10.2 Å². The average molecular weight is 345 g/mol. The summed E-state index contributed by atoms with van der Waals surface area (Å²) in [5.41, 5.74) is 1.71. The first kappa shape index (κ1) is 15.2. The van der Waals surface area contributed by atoms with Gasteiger partial charge in [-0.05, 0) is 24.3 Å². The Labute approximate surface area is 144 Å². The second kappa shape index (κ2) is 6.26. The highest BCUT2D eigenvalue weighted by Gasteiger charge is 2.18. The van der Waals surface area contributed by atoms with Crippen molar-refractivity contribution in [3.8, 4) is 0 Å². The Bertz CT molecular complexity index is 857. The molecule has 0 atom stereocenters. The number of hydrogen-bond donors (Lipinski definition) is 1. The molecule has 1 aliphatic heterocycles. The molecule has 1 aliphatic rings. The minimum atomic E-state index is 0.686. The van der Waals surface area contributed by atoms with Crippen LogP contribution in [0.1, 0.15) is 0 Å². The molecule has 4 rings (SSSR count). The summed E-state index contributed by atoms with van der Waals surface area (Å²) in [6.45, 7) is 2.94. The lowest BCUT2D eigenvalue weighted by atomic mass is 10.3. The molecule has 0 aliphatic carbocycles. The Morgan fingerprint density at radius 2 is 1.88 bits per heavy atom. The largest absolute Gasteiger partial charge is 0.378 e. The van der Waals surface area contributed by atoms with Crippen molar-refractivity contribution in [1.82, 2.24) is 19.7 Å². The number of nitrogens with one attached hydrogen (secondary N) is 1. The Kier molecular flexibility index (Phi) is 3.95. The first-order valence-electron chi connectivity index (χ1n) is 7.76. The number of nitrogens with zero attached hydrogens (tertiary/aromatic N) is 5. The van der Waals surface area contributed by atoms with E-state index >= 15 is 0 Å². The third kappa shape index (κ3) is 2.88. The van der Waals surface area contributed by atoms with E-state index in [9.17, 15) is 0 Å². The number of ether oxygens (including phenoxy) is 1. The molecule has 0 spiro atoms. The molecular formula is C16H17ClN6O. The van der Waals surface area contributed by atoms with Crippen LogP contribution in [0.15, 0.2) is 30.5 Å². The van der Waals surface area contributed by atoms with E-state index in [1.54, 1.807) is 10.9 Å². The maximum Gasteiger partial charge on any atom is 0.229 e. The van der Waals surface area contributed by atoms with Crippen LogP contribution in [0.5, 0.6) is 0 Å². The highest BCUT2D eigenvalue weighted by atomic mass is 35.5. The molecular weight excluding hydrogens is 328 g/mol. The molecule has 1 fully saturated rings. The van der Waals surface area contributed by atoms with Crippen LogP contribution in [0.4, 0.5) is 17.5 Å². The molecule has 1 aromatic carbocycles. The van der Waals surface area contributed by atoms with Crippen molar-refractivity contribution in [2.24, 2.45) is 7.05 Å². The zero-order chi connectivity index (χ0) is 16.5. The number of morpholine rings is 1. The fourth-order valence-corrected chi connectivity index (χ4v) is 2.81. The summed E-state index contributed by atoms with van der Waals surface area (Å²) in [6.07, 6.45) is 1.77. The highest BCUT2D eigenvalue weighted by molar-refractivity contribution is 6.30. The van der Waals surface area contributed by atoms with Crippen molar-refractivity contribution in [2.45, 2.75) is 0 Å². The number of halogens is 1. The zero-order valence-corrected chi connectivity index (χ0v) is 14.0. The van der Waals surface area contributed by atoms with E-state index in [1.807, 2.05) is 31.3 Å². The summed E-state index contributed by atoms with van der Waals surface area (Å²) in [5, 5.41) is 9.23. The standard InChI is InChI=1S/C16H17ClN6O/c1-22-15-13(10-18-22)14(19-12-4-2-11(17)3-5-12)20-16(21-15)23-6-8-24-9-7-23/h2-5,10H,6-9H2,1H3,(H,19,20,21). The molecule has 0 unspecified atom stereocenters. The van der Waals surface area contributed by atoms with Crippen LogP contribution in [0, 0.1) is 0 Å². The van der Waals surface area contributed by atoms with Gasteiger partial charge in [0, 0.05) is 30.8 Å². The van der Waals surface area contributed by atoms with E-state index < -0.39 is 0 Å². The molecule has 0 saturated carbocycles. The summed E-state index contributed by atoms with van der Waals surface area (Å²) in [4.78, 5) is 11.5. The predicted molar refractivity (Wildman–Crippen MR) is 94.1 cm³/mol. The van der Waals surface area contributed by atoms with Gasteiger partial charge in [-0.25, -0.2) is 0 Å². The van der Waals surface area contributed by atoms with Crippen molar-refractivity contribution in [3.63, 3.8) is 0 Å². The number of fused-ring (bicyclic) bond motifs is 1. The predicted octanol–water partition coefficient (Wildman–Crippen LogP) is 2.60. The number of anilines is 3. The molecule has 0 amide bonds. The lowest BCUT2D eigenvalue weighted by Crippen LogP contribution is -2.37. The van der Waals surface area contributed by atoms with Crippen LogP contribution in [0.2, 0.25) is 5.02 Å². The second-order valence-electron chi connectivity index (χ2n) is 5.61. The summed E-state index contributed by atoms with van der Waals surface area (Å²) in [5.74, 6) is 1.42. The molecule has 3 heterocycles. The van der Waals surface area contributed by atoms with Gasteiger partial charge in [-0.3, -0.25) is 4.68 Å². The third-order valence-corrected chi connectivity index (χ3v) is 4.23. The number of benzene rings is 1.